The van der Waals surface area contributed by atoms with Gasteiger partial charge >= 0.3 is 11.8 Å². The van der Waals surface area contributed by atoms with Gasteiger partial charge < -0.3 is 19.5 Å². The Bertz CT molecular complexity index is 903. The molecule has 0 heterocycles. The van der Waals surface area contributed by atoms with Crippen molar-refractivity contribution in [1.29, 1.82) is 0 Å². The van der Waals surface area contributed by atoms with E-state index in [0.717, 1.165) is 0 Å². The van der Waals surface area contributed by atoms with Gasteiger partial charge in [0.25, 0.3) is 0 Å². The van der Waals surface area contributed by atoms with E-state index in [4.69, 9.17) is 25.8 Å². The van der Waals surface area contributed by atoms with Gasteiger partial charge in [-0.15, -0.1) is 0 Å². The summed E-state index contributed by atoms with van der Waals surface area (Å²) in [5.41, 5.74) is 2.74. The molecule has 0 aliphatic carbocycles. The summed E-state index contributed by atoms with van der Waals surface area (Å²) >= 11 is 6.03. The minimum Gasteiger partial charge on any atom is -0.493 e. The molecule has 0 atom stereocenters. The normalized spacial score (nSPS) is 10.7. The van der Waals surface area contributed by atoms with Gasteiger partial charge in [-0.05, 0) is 24.3 Å². The minimum atomic E-state index is -0.939. The molecule has 30 heavy (non-hydrogen) atoms. The Morgan fingerprint density at radius 1 is 1.17 bits per heavy atom. The molecule has 2 amide bonds. The van der Waals surface area contributed by atoms with Crippen molar-refractivity contribution in [3.8, 4) is 11.5 Å². The second-order valence-electron chi connectivity index (χ2n) is 5.82. The molecule has 0 unspecified atom stereocenters. The van der Waals surface area contributed by atoms with E-state index in [0.29, 0.717) is 11.3 Å². The molecule has 0 aliphatic heterocycles. The van der Waals surface area contributed by atoms with Crippen molar-refractivity contribution in [2.75, 3.05) is 27.4 Å². The van der Waals surface area contributed by atoms with Crippen molar-refractivity contribution in [1.82, 2.24) is 10.7 Å². The number of hydrogen-bond donors (Lipinski definition) is 2. The standard InChI is InChI=1S/C20H21ClFN3O5/c1-28-10-9-23-19(26)20(27)25-24-11-13-5-3-8-17(29-2)18(13)30-12-14-15(21)6-4-7-16(14)22/h3-8,11H,9-10,12H2,1-2H3,(H,23,26)(H,25,27)/b24-11-. The van der Waals surface area contributed by atoms with Crippen LogP contribution in [0.3, 0.4) is 0 Å². The van der Waals surface area contributed by atoms with E-state index in [1.807, 2.05) is 0 Å². The molecule has 2 aromatic rings. The minimum absolute atomic E-state index is 0.152. The van der Waals surface area contributed by atoms with Crippen molar-refractivity contribution in [3.63, 3.8) is 0 Å². The maximum Gasteiger partial charge on any atom is 0.329 e. The van der Waals surface area contributed by atoms with Crippen molar-refractivity contribution in [2.24, 2.45) is 5.10 Å². The smallest absolute Gasteiger partial charge is 0.329 e. The number of rotatable bonds is 9. The number of carbonyl (C=O) groups is 2. The molecule has 10 heteroatoms. The highest BCUT2D eigenvalue weighted by atomic mass is 35.5. The summed E-state index contributed by atoms with van der Waals surface area (Å²) in [6.07, 6.45) is 1.28. The van der Waals surface area contributed by atoms with Crippen LogP contribution < -0.4 is 20.2 Å². The molecular weight excluding hydrogens is 417 g/mol. The molecule has 0 aliphatic rings. The molecule has 0 spiro atoms. The number of methoxy groups -OCH3 is 2. The van der Waals surface area contributed by atoms with Gasteiger partial charge in [-0.25, -0.2) is 9.82 Å². The number of amides is 2. The lowest BCUT2D eigenvalue weighted by atomic mass is 10.2. The molecule has 160 valence electrons. The van der Waals surface area contributed by atoms with Gasteiger partial charge in [0.1, 0.15) is 12.4 Å². The van der Waals surface area contributed by atoms with Gasteiger partial charge in [-0.1, -0.05) is 23.7 Å². The van der Waals surface area contributed by atoms with Crippen molar-refractivity contribution < 1.29 is 28.2 Å². The average molecular weight is 438 g/mol. The number of carbonyl (C=O) groups excluding carboxylic acids is 2. The summed E-state index contributed by atoms with van der Waals surface area (Å²) in [5, 5.41) is 6.36. The molecule has 0 saturated carbocycles. The van der Waals surface area contributed by atoms with E-state index in [2.05, 4.69) is 15.8 Å². The molecule has 8 nitrogen and oxygen atoms in total. The van der Waals surface area contributed by atoms with Crippen LogP contribution in [0.2, 0.25) is 5.02 Å². The number of nitrogens with zero attached hydrogens (tertiary/aromatic N) is 1. The predicted molar refractivity (Wildman–Crippen MR) is 109 cm³/mol. The lowest BCUT2D eigenvalue weighted by molar-refractivity contribution is -0.139. The number of para-hydroxylation sites is 1. The molecule has 2 rings (SSSR count). The zero-order chi connectivity index (χ0) is 21.9. The first kappa shape index (κ1) is 23.1. The van der Waals surface area contributed by atoms with Crippen LogP contribution in [0.4, 0.5) is 4.39 Å². The SMILES string of the molecule is COCCNC(=O)C(=O)N/N=C\c1cccc(OC)c1OCc1c(F)cccc1Cl. The third kappa shape index (κ3) is 6.43. The zero-order valence-electron chi connectivity index (χ0n) is 16.4. The molecule has 0 bridgehead atoms. The summed E-state index contributed by atoms with van der Waals surface area (Å²) < 4.78 is 29.8. The number of nitrogens with one attached hydrogen (secondary N) is 2. The lowest BCUT2D eigenvalue weighted by Crippen LogP contribution is -2.39. The molecule has 2 aromatic carbocycles. The van der Waals surface area contributed by atoms with E-state index in [-0.39, 0.29) is 36.1 Å². The maximum absolute atomic E-state index is 14.0. The summed E-state index contributed by atoms with van der Waals surface area (Å²) in [7, 11) is 2.93. The largest absolute Gasteiger partial charge is 0.493 e. The molecule has 0 aromatic heterocycles. The number of hydrazone groups is 1. The third-order valence-electron chi connectivity index (χ3n) is 3.82. The van der Waals surface area contributed by atoms with Gasteiger partial charge in [0, 0.05) is 24.8 Å². The number of halogens is 2. The first-order valence-corrected chi connectivity index (χ1v) is 9.18. The van der Waals surface area contributed by atoms with Crippen LogP contribution >= 0.6 is 11.6 Å². The molecule has 0 radical (unpaired) electrons. The fraction of sp³-hybridized carbons (Fsp3) is 0.250. The average Bonchev–Trinajstić information content (AvgIpc) is 2.73. The first-order chi connectivity index (χ1) is 14.5. The van der Waals surface area contributed by atoms with Crippen molar-refractivity contribution >= 4 is 29.6 Å². The predicted octanol–water partition coefficient (Wildman–Crippen LogP) is 2.28. The van der Waals surface area contributed by atoms with Gasteiger partial charge in [0.05, 0.1) is 25.0 Å². The van der Waals surface area contributed by atoms with Gasteiger partial charge in [0.2, 0.25) is 0 Å². The van der Waals surface area contributed by atoms with Crippen LogP contribution in [0, 0.1) is 5.82 Å². The molecular formula is C20H21ClFN3O5. The first-order valence-electron chi connectivity index (χ1n) is 8.80. The van der Waals surface area contributed by atoms with Crippen molar-refractivity contribution in [2.45, 2.75) is 6.61 Å². The Balaban J connectivity index is 2.10. The third-order valence-corrected chi connectivity index (χ3v) is 4.17. The monoisotopic (exact) mass is 437 g/mol. The number of benzene rings is 2. The Morgan fingerprint density at radius 2 is 1.93 bits per heavy atom. The van der Waals surface area contributed by atoms with E-state index in [1.165, 1.54) is 32.6 Å². The quantitative estimate of drug-likeness (QED) is 0.271. The highest BCUT2D eigenvalue weighted by Gasteiger charge is 2.14. The number of hydrogen-bond acceptors (Lipinski definition) is 6. The second-order valence-corrected chi connectivity index (χ2v) is 6.22. The molecule has 0 saturated heterocycles. The highest BCUT2D eigenvalue weighted by Crippen LogP contribution is 2.31. The fourth-order valence-electron chi connectivity index (χ4n) is 2.32. The summed E-state index contributed by atoms with van der Waals surface area (Å²) in [6.45, 7) is 0.318. The molecule has 2 N–H and O–H groups in total. The van der Waals surface area contributed by atoms with Gasteiger partial charge in [-0.3, -0.25) is 9.59 Å². The van der Waals surface area contributed by atoms with Crippen LogP contribution in [0.5, 0.6) is 11.5 Å². The Labute approximate surface area is 178 Å². The van der Waals surface area contributed by atoms with Crippen LogP contribution in [0.1, 0.15) is 11.1 Å². The van der Waals surface area contributed by atoms with Crippen LogP contribution in [0.15, 0.2) is 41.5 Å². The second kappa shape index (κ2) is 11.7. The Kier molecular flexibility index (Phi) is 9.04. The maximum atomic E-state index is 14.0. The van der Waals surface area contributed by atoms with E-state index < -0.39 is 17.6 Å². The van der Waals surface area contributed by atoms with Crippen LogP contribution in [-0.4, -0.2) is 45.4 Å². The fourth-order valence-corrected chi connectivity index (χ4v) is 2.54. The topological polar surface area (TPSA) is 98.2 Å². The number of ether oxygens (including phenoxy) is 3. The zero-order valence-corrected chi connectivity index (χ0v) is 17.2. The van der Waals surface area contributed by atoms with Crippen LogP contribution in [0.25, 0.3) is 0 Å². The highest BCUT2D eigenvalue weighted by molar-refractivity contribution is 6.35. The van der Waals surface area contributed by atoms with Gasteiger partial charge in [0.15, 0.2) is 11.5 Å². The summed E-state index contributed by atoms with van der Waals surface area (Å²) in [5.74, 6) is -1.65. The van der Waals surface area contributed by atoms with Crippen LogP contribution in [-0.2, 0) is 20.9 Å². The van der Waals surface area contributed by atoms with Crippen molar-refractivity contribution in [3.05, 3.63) is 58.4 Å². The van der Waals surface area contributed by atoms with E-state index >= 15 is 0 Å². The Morgan fingerprint density at radius 3 is 2.63 bits per heavy atom. The lowest BCUT2D eigenvalue weighted by Gasteiger charge is -2.14. The van der Waals surface area contributed by atoms with E-state index in [9.17, 15) is 14.0 Å². The van der Waals surface area contributed by atoms with Gasteiger partial charge in [-0.2, -0.15) is 5.10 Å². The summed E-state index contributed by atoms with van der Waals surface area (Å²) in [6, 6.07) is 9.31. The van der Waals surface area contributed by atoms with E-state index in [1.54, 1.807) is 24.3 Å². The summed E-state index contributed by atoms with van der Waals surface area (Å²) in [4.78, 5) is 23.3. The Hall–Kier alpha value is -3.17. The molecule has 0 fully saturated rings.